The van der Waals surface area contributed by atoms with E-state index < -0.39 is 30.1 Å². The maximum Gasteiger partial charge on any atom is 0.387 e. The molecule has 1 heterocycles. The molecule has 1 N–H and O–H groups in total. The number of carboxylic acids is 1. The second kappa shape index (κ2) is 8.88. The molecule has 1 saturated heterocycles. The van der Waals surface area contributed by atoms with Crippen LogP contribution in [0.15, 0.2) is 18.2 Å². The molecule has 0 bridgehead atoms. The lowest BCUT2D eigenvalue weighted by Gasteiger charge is -2.37. The van der Waals surface area contributed by atoms with Crippen molar-refractivity contribution in [3.8, 4) is 5.75 Å². The highest BCUT2D eigenvalue weighted by Crippen LogP contribution is 2.25. The number of hydrogen-bond donors (Lipinski definition) is 1. The van der Waals surface area contributed by atoms with E-state index in [1.807, 2.05) is 11.8 Å². The third-order valence-electron chi connectivity index (χ3n) is 4.40. The number of nitrogens with zero attached hydrogens (tertiary/aromatic N) is 2. The molecular formula is C17H21F3N2O4. The van der Waals surface area contributed by atoms with Gasteiger partial charge in [-0.15, -0.1) is 0 Å². The molecule has 0 radical (unpaired) electrons. The van der Waals surface area contributed by atoms with Gasteiger partial charge in [0.15, 0.2) is 0 Å². The predicted molar refractivity (Wildman–Crippen MR) is 86.8 cm³/mol. The Morgan fingerprint density at radius 1 is 1.35 bits per heavy atom. The van der Waals surface area contributed by atoms with E-state index in [2.05, 4.69) is 4.74 Å². The van der Waals surface area contributed by atoms with Crippen LogP contribution in [-0.4, -0.2) is 65.6 Å². The highest BCUT2D eigenvalue weighted by Gasteiger charge is 2.29. The second-order valence-electron chi connectivity index (χ2n) is 6.00. The van der Waals surface area contributed by atoms with Gasteiger partial charge in [-0.25, -0.2) is 4.39 Å². The summed E-state index contributed by atoms with van der Waals surface area (Å²) in [5, 5.41) is 8.95. The van der Waals surface area contributed by atoms with Gasteiger partial charge in [0.25, 0.3) is 5.91 Å². The van der Waals surface area contributed by atoms with Crippen molar-refractivity contribution in [2.45, 2.75) is 32.4 Å². The third kappa shape index (κ3) is 5.10. The molecule has 6 nitrogen and oxygen atoms in total. The van der Waals surface area contributed by atoms with E-state index in [0.29, 0.717) is 32.5 Å². The van der Waals surface area contributed by atoms with Crippen molar-refractivity contribution in [1.82, 2.24) is 9.80 Å². The number of carbonyl (C=O) groups excluding carboxylic acids is 1. The first-order valence-electron chi connectivity index (χ1n) is 8.31. The Morgan fingerprint density at radius 2 is 2.00 bits per heavy atom. The highest BCUT2D eigenvalue weighted by atomic mass is 19.3. The van der Waals surface area contributed by atoms with Gasteiger partial charge in [-0.2, -0.15) is 8.78 Å². The zero-order valence-electron chi connectivity index (χ0n) is 14.3. The molecule has 144 valence electrons. The van der Waals surface area contributed by atoms with Crippen molar-refractivity contribution in [1.29, 1.82) is 0 Å². The second-order valence-corrected chi connectivity index (χ2v) is 6.00. The van der Waals surface area contributed by atoms with Crippen molar-refractivity contribution in [2.24, 2.45) is 0 Å². The van der Waals surface area contributed by atoms with E-state index in [9.17, 15) is 22.8 Å². The van der Waals surface area contributed by atoms with Crippen molar-refractivity contribution >= 4 is 11.9 Å². The molecule has 1 aromatic carbocycles. The van der Waals surface area contributed by atoms with E-state index in [1.165, 1.54) is 4.90 Å². The van der Waals surface area contributed by atoms with Gasteiger partial charge < -0.3 is 14.7 Å². The average molecular weight is 374 g/mol. The molecule has 0 spiro atoms. The molecular weight excluding hydrogens is 353 g/mol. The maximum absolute atomic E-state index is 13.3. The number of alkyl halides is 2. The Balaban J connectivity index is 2.05. The Kier molecular flexibility index (Phi) is 6.84. The molecule has 26 heavy (non-hydrogen) atoms. The van der Waals surface area contributed by atoms with Crippen LogP contribution in [0.3, 0.4) is 0 Å². The lowest BCUT2D eigenvalue weighted by Crippen LogP contribution is -2.48. The number of piperidine rings is 1. The van der Waals surface area contributed by atoms with Gasteiger partial charge in [0.05, 0.1) is 12.1 Å². The molecule has 0 aliphatic carbocycles. The molecule has 1 fully saturated rings. The predicted octanol–water partition coefficient (Wildman–Crippen LogP) is 2.44. The minimum Gasteiger partial charge on any atom is -0.480 e. The van der Waals surface area contributed by atoms with Gasteiger partial charge in [-0.3, -0.25) is 14.5 Å². The number of likely N-dealkylation sites (tertiary alicyclic amines) is 1. The number of halogens is 3. The van der Waals surface area contributed by atoms with E-state index in [-0.39, 0.29) is 18.2 Å². The zero-order valence-corrected chi connectivity index (χ0v) is 14.3. The van der Waals surface area contributed by atoms with Crippen LogP contribution in [0.5, 0.6) is 5.75 Å². The molecule has 2 rings (SSSR count). The van der Waals surface area contributed by atoms with Gasteiger partial charge >= 0.3 is 12.6 Å². The van der Waals surface area contributed by atoms with Crippen molar-refractivity contribution in [3.63, 3.8) is 0 Å². The first-order chi connectivity index (χ1) is 12.3. The normalized spacial score (nSPS) is 15.5. The summed E-state index contributed by atoms with van der Waals surface area (Å²) in [6, 6.07) is 2.94. The molecule has 1 aromatic rings. The van der Waals surface area contributed by atoms with Crippen LogP contribution in [0, 0.1) is 5.82 Å². The van der Waals surface area contributed by atoms with E-state index in [0.717, 1.165) is 18.2 Å². The lowest BCUT2D eigenvalue weighted by atomic mass is 10.0. The first kappa shape index (κ1) is 20.0. The standard InChI is InChI=1S/C17H21F3N2O4/c1-2-21(10-15(23)24)12-5-7-22(8-6-12)16(25)13-4-3-11(18)9-14(13)26-17(19)20/h3-4,9,12,17H,2,5-8,10H2,1H3,(H,23,24). The van der Waals surface area contributed by atoms with Crippen LogP contribution in [0.25, 0.3) is 0 Å². The fourth-order valence-electron chi connectivity index (χ4n) is 3.14. The fraction of sp³-hybridized carbons (Fsp3) is 0.529. The summed E-state index contributed by atoms with van der Waals surface area (Å²) < 4.78 is 42.5. The van der Waals surface area contributed by atoms with Crippen LogP contribution >= 0.6 is 0 Å². The smallest absolute Gasteiger partial charge is 0.387 e. The zero-order chi connectivity index (χ0) is 19.3. The largest absolute Gasteiger partial charge is 0.480 e. The summed E-state index contributed by atoms with van der Waals surface area (Å²) in [4.78, 5) is 26.8. The van der Waals surface area contributed by atoms with Gasteiger partial charge in [0, 0.05) is 25.2 Å². The molecule has 9 heteroatoms. The lowest BCUT2D eigenvalue weighted by molar-refractivity contribution is -0.139. The van der Waals surface area contributed by atoms with Gasteiger partial charge in [0.2, 0.25) is 0 Å². The number of carbonyl (C=O) groups is 2. The van der Waals surface area contributed by atoms with Gasteiger partial charge in [0.1, 0.15) is 11.6 Å². The summed E-state index contributed by atoms with van der Waals surface area (Å²) in [7, 11) is 0. The molecule has 1 aliphatic rings. The number of amides is 1. The Hall–Kier alpha value is -2.29. The monoisotopic (exact) mass is 374 g/mol. The number of aliphatic carboxylic acids is 1. The van der Waals surface area contributed by atoms with Crippen molar-refractivity contribution < 1.29 is 32.6 Å². The molecule has 1 amide bonds. The quantitative estimate of drug-likeness (QED) is 0.794. The summed E-state index contributed by atoms with van der Waals surface area (Å²) in [5.41, 5.74) is -0.122. The fourth-order valence-corrected chi connectivity index (χ4v) is 3.14. The summed E-state index contributed by atoms with van der Waals surface area (Å²) in [6.07, 6.45) is 1.14. The van der Waals surface area contributed by atoms with Gasteiger partial charge in [-0.1, -0.05) is 6.92 Å². The minimum absolute atomic E-state index is 0.0325. The summed E-state index contributed by atoms with van der Waals surface area (Å²) >= 11 is 0. The first-order valence-corrected chi connectivity index (χ1v) is 8.31. The Bertz CT molecular complexity index is 649. The van der Waals surface area contributed by atoms with E-state index in [4.69, 9.17) is 5.11 Å². The van der Waals surface area contributed by atoms with Crippen molar-refractivity contribution in [2.75, 3.05) is 26.2 Å². The maximum atomic E-state index is 13.3. The topological polar surface area (TPSA) is 70.1 Å². The number of hydrogen-bond acceptors (Lipinski definition) is 4. The number of rotatable bonds is 7. The SMILES string of the molecule is CCN(CC(=O)O)C1CCN(C(=O)c2ccc(F)cc2OC(F)F)CC1. The number of ether oxygens (including phenoxy) is 1. The van der Waals surface area contributed by atoms with Crippen LogP contribution in [0.1, 0.15) is 30.1 Å². The molecule has 1 aliphatic heterocycles. The number of carboxylic acid groups (broad SMARTS) is 1. The van der Waals surface area contributed by atoms with Crippen LogP contribution in [-0.2, 0) is 4.79 Å². The van der Waals surface area contributed by atoms with Gasteiger partial charge in [-0.05, 0) is 31.5 Å². The molecule has 0 aromatic heterocycles. The Labute approximate surface area is 149 Å². The summed E-state index contributed by atoms with van der Waals surface area (Å²) in [5.74, 6) is -2.69. The number of likely N-dealkylation sites (N-methyl/N-ethyl adjacent to an activating group) is 1. The Morgan fingerprint density at radius 3 is 2.54 bits per heavy atom. The minimum atomic E-state index is -3.16. The molecule has 0 saturated carbocycles. The van der Waals surface area contributed by atoms with E-state index >= 15 is 0 Å². The van der Waals surface area contributed by atoms with Crippen LogP contribution in [0.2, 0.25) is 0 Å². The van der Waals surface area contributed by atoms with Crippen molar-refractivity contribution in [3.05, 3.63) is 29.6 Å². The molecule has 0 atom stereocenters. The highest BCUT2D eigenvalue weighted by molar-refractivity contribution is 5.97. The molecule has 0 unspecified atom stereocenters. The average Bonchev–Trinajstić information content (AvgIpc) is 2.59. The summed E-state index contributed by atoms with van der Waals surface area (Å²) in [6.45, 7) is -0.0825. The van der Waals surface area contributed by atoms with Crippen LogP contribution in [0.4, 0.5) is 13.2 Å². The number of benzene rings is 1. The third-order valence-corrected chi connectivity index (χ3v) is 4.40. The van der Waals surface area contributed by atoms with Crippen LogP contribution < -0.4 is 4.74 Å². The van der Waals surface area contributed by atoms with E-state index in [1.54, 1.807) is 0 Å².